The van der Waals surface area contributed by atoms with E-state index in [1.807, 2.05) is 0 Å². The van der Waals surface area contributed by atoms with Crippen molar-refractivity contribution in [2.45, 2.75) is 44.6 Å². The van der Waals surface area contributed by atoms with Crippen molar-refractivity contribution < 1.29 is 9.53 Å². The summed E-state index contributed by atoms with van der Waals surface area (Å²) in [6.07, 6.45) is 8.90. The Morgan fingerprint density at radius 2 is 1.86 bits per heavy atom. The van der Waals surface area contributed by atoms with E-state index in [-0.39, 0.29) is 12.2 Å². The van der Waals surface area contributed by atoms with E-state index in [9.17, 15) is 4.79 Å². The van der Waals surface area contributed by atoms with E-state index in [1.165, 1.54) is 4.90 Å². The third-order valence-corrected chi connectivity index (χ3v) is 2.50. The van der Waals surface area contributed by atoms with Gasteiger partial charge < -0.3 is 9.64 Å². The molecule has 0 spiro atoms. The maximum Gasteiger partial charge on any atom is 0.409 e. The van der Waals surface area contributed by atoms with Crippen LogP contribution in [0, 0.1) is 6.42 Å². The highest BCUT2D eigenvalue weighted by Gasteiger charge is 2.16. The molecule has 81 valence electrons. The number of hydrogen-bond acceptors (Lipinski definition) is 2. The quantitative estimate of drug-likeness (QED) is 0.648. The molecule has 1 aliphatic carbocycles. The van der Waals surface area contributed by atoms with Crippen LogP contribution >= 0.6 is 0 Å². The fourth-order valence-electron chi connectivity index (χ4n) is 1.63. The Morgan fingerprint density at radius 1 is 1.29 bits per heavy atom. The number of carbonyl (C=O) groups is 1. The molecule has 3 heteroatoms. The normalized spacial score (nSPS) is 19.6. The van der Waals surface area contributed by atoms with Crippen LogP contribution in [-0.4, -0.2) is 31.2 Å². The first-order chi connectivity index (χ1) is 6.70. The molecule has 1 rings (SSSR count). The van der Waals surface area contributed by atoms with E-state index in [2.05, 4.69) is 6.42 Å². The van der Waals surface area contributed by atoms with Crippen molar-refractivity contribution in [3.05, 3.63) is 6.42 Å². The average Bonchev–Trinajstić information content (AvgIpc) is 2.08. The number of carbonyl (C=O) groups excluding carboxylic acids is 1. The van der Waals surface area contributed by atoms with E-state index in [1.54, 1.807) is 14.1 Å². The Morgan fingerprint density at radius 3 is 2.36 bits per heavy atom. The van der Waals surface area contributed by atoms with Gasteiger partial charge in [0.15, 0.2) is 0 Å². The third kappa shape index (κ3) is 3.99. The monoisotopic (exact) mass is 198 g/mol. The van der Waals surface area contributed by atoms with Crippen molar-refractivity contribution in [3.63, 3.8) is 0 Å². The topological polar surface area (TPSA) is 29.5 Å². The van der Waals surface area contributed by atoms with Crippen LogP contribution in [0.4, 0.5) is 4.79 Å². The molecule has 0 aromatic carbocycles. The van der Waals surface area contributed by atoms with E-state index in [4.69, 9.17) is 4.74 Å². The van der Waals surface area contributed by atoms with Gasteiger partial charge in [-0.05, 0) is 32.1 Å². The Labute approximate surface area is 86.4 Å². The zero-order valence-corrected chi connectivity index (χ0v) is 9.16. The van der Waals surface area contributed by atoms with Gasteiger partial charge in [0.2, 0.25) is 0 Å². The van der Waals surface area contributed by atoms with Gasteiger partial charge in [0.1, 0.15) is 6.10 Å². The van der Waals surface area contributed by atoms with E-state index >= 15 is 0 Å². The highest BCUT2D eigenvalue weighted by Crippen LogP contribution is 2.19. The Bertz CT molecular complexity index is 172. The number of ether oxygens (including phenoxy) is 1. The van der Waals surface area contributed by atoms with Crippen LogP contribution in [0.25, 0.3) is 0 Å². The van der Waals surface area contributed by atoms with Crippen molar-refractivity contribution in [2.24, 2.45) is 0 Å². The summed E-state index contributed by atoms with van der Waals surface area (Å²) in [6.45, 7) is 0. The van der Waals surface area contributed by atoms with Gasteiger partial charge in [0.25, 0.3) is 0 Å². The Hall–Kier alpha value is -0.730. The van der Waals surface area contributed by atoms with Gasteiger partial charge in [-0.25, -0.2) is 4.79 Å². The molecular formula is C11H20NO2. The van der Waals surface area contributed by atoms with Gasteiger partial charge in [0.05, 0.1) is 0 Å². The molecule has 0 aromatic rings. The molecule has 0 atom stereocenters. The van der Waals surface area contributed by atoms with E-state index in [0.717, 1.165) is 38.5 Å². The summed E-state index contributed by atoms with van der Waals surface area (Å²) in [5.74, 6) is 0. The number of rotatable bonds is 1. The van der Waals surface area contributed by atoms with Crippen LogP contribution < -0.4 is 0 Å². The molecule has 1 radical (unpaired) electrons. The van der Waals surface area contributed by atoms with Crippen LogP contribution in [0.1, 0.15) is 38.5 Å². The fraction of sp³-hybridized carbons (Fsp3) is 0.818. The molecule has 0 unspecified atom stereocenters. The Kier molecular flexibility index (Phi) is 4.77. The zero-order chi connectivity index (χ0) is 10.4. The van der Waals surface area contributed by atoms with Crippen molar-refractivity contribution in [1.82, 2.24) is 4.90 Å². The largest absolute Gasteiger partial charge is 0.446 e. The Balaban J connectivity index is 2.30. The van der Waals surface area contributed by atoms with Gasteiger partial charge in [-0.1, -0.05) is 12.8 Å². The summed E-state index contributed by atoms with van der Waals surface area (Å²) < 4.78 is 5.36. The van der Waals surface area contributed by atoms with Gasteiger partial charge >= 0.3 is 6.09 Å². The van der Waals surface area contributed by atoms with Crippen molar-refractivity contribution in [3.8, 4) is 0 Å². The third-order valence-electron chi connectivity index (χ3n) is 2.50. The molecule has 14 heavy (non-hydrogen) atoms. The highest BCUT2D eigenvalue weighted by atomic mass is 16.6. The zero-order valence-electron chi connectivity index (χ0n) is 9.16. The number of nitrogens with zero attached hydrogens (tertiary/aromatic N) is 1. The molecular weight excluding hydrogens is 178 g/mol. The van der Waals surface area contributed by atoms with Gasteiger partial charge in [-0.15, -0.1) is 0 Å². The summed E-state index contributed by atoms with van der Waals surface area (Å²) in [7, 11) is 3.44. The molecule has 0 N–H and O–H groups in total. The van der Waals surface area contributed by atoms with Gasteiger partial charge in [-0.2, -0.15) is 0 Å². The van der Waals surface area contributed by atoms with Gasteiger partial charge in [0, 0.05) is 14.1 Å². The minimum absolute atomic E-state index is 0.138. The molecule has 0 heterocycles. The minimum Gasteiger partial charge on any atom is -0.446 e. The SMILES string of the molecule is CN(C)C(=O)OC1CCC[CH]CCC1. The highest BCUT2D eigenvalue weighted by molar-refractivity contribution is 5.66. The molecule has 0 aliphatic heterocycles. The van der Waals surface area contributed by atoms with Crippen molar-refractivity contribution >= 4 is 6.09 Å². The lowest BCUT2D eigenvalue weighted by Crippen LogP contribution is -2.28. The molecule has 0 bridgehead atoms. The average molecular weight is 198 g/mol. The van der Waals surface area contributed by atoms with Crippen LogP contribution in [0.5, 0.6) is 0 Å². The predicted octanol–water partition coefficient (Wildman–Crippen LogP) is 2.61. The molecule has 3 nitrogen and oxygen atoms in total. The molecule has 1 aliphatic rings. The van der Waals surface area contributed by atoms with Crippen LogP contribution in [0.2, 0.25) is 0 Å². The maximum absolute atomic E-state index is 11.3. The van der Waals surface area contributed by atoms with Crippen LogP contribution in [0.15, 0.2) is 0 Å². The summed E-state index contributed by atoms with van der Waals surface area (Å²) in [5, 5.41) is 0. The second-order valence-corrected chi connectivity index (χ2v) is 4.05. The lowest BCUT2D eigenvalue weighted by molar-refractivity contribution is 0.0627. The first-order valence-electron chi connectivity index (χ1n) is 5.39. The lowest BCUT2D eigenvalue weighted by atomic mass is 9.99. The number of hydrogen-bond donors (Lipinski definition) is 0. The van der Waals surface area contributed by atoms with Crippen molar-refractivity contribution in [1.29, 1.82) is 0 Å². The summed E-state index contributed by atoms with van der Waals surface area (Å²) >= 11 is 0. The van der Waals surface area contributed by atoms with E-state index in [0.29, 0.717) is 0 Å². The molecule has 0 aromatic heterocycles. The molecule has 1 saturated carbocycles. The standard InChI is InChI=1S/C11H20NO2/c1-12(2)11(13)14-10-8-6-4-3-5-7-9-10/h3,10H,4-9H2,1-2H3. The summed E-state index contributed by atoms with van der Waals surface area (Å²) in [5.41, 5.74) is 0. The molecule has 1 amide bonds. The summed E-state index contributed by atoms with van der Waals surface area (Å²) in [4.78, 5) is 12.8. The minimum atomic E-state index is -0.209. The first kappa shape index (κ1) is 11.3. The summed E-state index contributed by atoms with van der Waals surface area (Å²) in [6, 6.07) is 0. The maximum atomic E-state index is 11.3. The fourth-order valence-corrected chi connectivity index (χ4v) is 1.63. The molecule has 1 fully saturated rings. The predicted molar refractivity (Wildman–Crippen MR) is 56.0 cm³/mol. The molecule has 0 saturated heterocycles. The first-order valence-corrected chi connectivity index (χ1v) is 5.39. The van der Waals surface area contributed by atoms with Gasteiger partial charge in [-0.3, -0.25) is 0 Å². The second kappa shape index (κ2) is 5.89. The van der Waals surface area contributed by atoms with Crippen LogP contribution in [-0.2, 0) is 4.74 Å². The number of amides is 1. The second-order valence-electron chi connectivity index (χ2n) is 4.05. The smallest absolute Gasteiger partial charge is 0.409 e. The lowest BCUT2D eigenvalue weighted by Gasteiger charge is -2.21. The van der Waals surface area contributed by atoms with Crippen molar-refractivity contribution in [2.75, 3.05) is 14.1 Å². The van der Waals surface area contributed by atoms with Crippen LogP contribution in [0.3, 0.4) is 0 Å². The van der Waals surface area contributed by atoms with E-state index < -0.39 is 0 Å².